The first kappa shape index (κ1) is 21.8. The predicted molar refractivity (Wildman–Crippen MR) is 114 cm³/mol. The summed E-state index contributed by atoms with van der Waals surface area (Å²) in [6, 6.07) is 12.8. The molecule has 1 aliphatic carbocycles. The highest BCUT2D eigenvalue weighted by Crippen LogP contribution is 2.44. The van der Waals surface area contributed by atoms with Crippen LogP contribution in [0.2, 0.25) is 0 Å². The SMILES string of the molecule is Cc1ccc(OC(C)C)c(C(CO)CC2CCC(O)C[C@H]2c2ccc(F)cc2)c1. The number of hydrogen-bond donors (Lipinski definition) is 2. The Balaban J connectivity index is 1.87. The molecule has 3 nitrogen and oxygen atoms in total. The van der Waals surface area contributed by atoms with Crippen molar-refractivity contribution in [3.8, 4) is 5.75 Å². The molecule has 29 heavy (non-hydrogen) atoms. The van der Waals surface area contributed by atoms with E-state index < -0.39 is 0 Å². The quantitative estimate of drug-likeness (QED) is 0.660. The maximum absolute atomic E-state index is 13.4. The van der Waals surface area contributed by atoms with Gasteiger partial charge < -0.3 is 14.9 Å². The van der Waals surface area contributed by atoms with Crippen molar-refractivity contribution >= 4 is 0 Å². The normalized spacial score (nSPS) is 23.2. The van der Waals surface area contributed by atoms with Crippen molar-refractivity contribution in [1.82, 2.24) is 0 Å². The summed E-state index contributed by atoms with van der Waals surface area (Å²) in [5, 5.41) is 20.5. The van der Waals surface area contributed by atoms with E-state index in [1.165, 1.54) is 12.1 Å². The second-order valence-electron chi connectivity index (χ2n) is 8.71. The van der Waals surface area contributed by atoms with Gasteiger partial charge in [-0.1, -0.05) is 29.8 Å². The van der Waals surface area contributed by atoms with Gasteiger partial charge in [0.05, 0.1) is 18.8 Å². The Hall–Kier alpha value is -1.91. The summed E-state index contributed by atoms with van der Waals surface area (Å²) in [6.07, 6.45) is 2.89. The first-order valence-corrected chi connectivity index (χ1v) is 10.7. The molecule has 4 atom stereocenters. The predicted octanol–water partition coefficient (Wildman–Crippen LogP) is 5.33. The minimum absolute atomic E-state index is 0.0353. The van der Waals surface area contributed by atoms with Crippen molar-refractivity contribution in [2.45, 2.75) is 70.5 Å². The number of benzene rings is 2. The van der Waals surface area contributed by atoms with Gasteiger partial charge in [0, 0.05) is 5.92 Å². The molecule has 0 saturated heterocycles. The minimum Gasteiger partial charge on any atom is -0.491 e. The topological polar surface area (TPSA) is 49.7 Å². The maximum atomic E-state index is 13.4. The lowest BCUT2D eigenvalue weighted by atomic mass is 9.70. The number of rotatable bonds is 7. The molecule has 0 aromatic heterocycles. The molecule has 1 fully saturated rings. The Morgan fingerprint density at radius 3 is 2.48 bits per heavy atom. The highest BCUT2D eigenvalue weighted by atomic mass is 19.1. The van der Waals surface area contributed by atoms with Crippen LogP contribution < -0.4 is 4.74 Å². The maximum Gasteiger partial charge on any atom is 0.123 e. The van der Waals surface area contributed by atoms with Gasteiger partial charge >= 0.3 is 0 Å². The van der Waals surface area contributed by atoms with E-state index in [1.54, 1.807) is 0 Å². The fraction of sp³-hybridized carbons (Fsp3) is 0.520. The van der Waals surface area contributed by atoms with E-state index in [0.29, 0.717) is 12.3 Å². The molecule has 0 heterocycles. The minimum atomic E-state index is -0.326. The lowest BCUT2D eigenvalue weighted by molar-refractivity contribution is 0.0854. The third kappa shape index (κ3) is 5.58. The number of aliphatic hydroxyl groups is 2. The fourth-order valence-electron chi connectivity index (χ4n) is 4.62. The smallest absolute Gasteiger partial charge is 0.123 e. The van der Waals surface area contributed by atoms with Crippen LogP contribution in [-0.2, 0) is 0 Å². The molecule has 3 unspecified atom stereocenters. The summed E-state index contributed by atoms with van der Waals surface area (Å²) in [4.78, 5) is 0. The monoisotopic (exact) mass is 400 g/mol. The van der Waals surface area contributed by atoms with Gasteiger partial charge in [0.2, 0.25) is 0 Å². The fourth-order valence-corrected chi connectivity index (χ4v) is 4.62. The third-order valence-electron chi connectivity index (χ3n) is 6.04. The second-order valence-corrected chi connectivity index (χ2v) is 8.71. The number of halogens is 1. The van der Waals surface area contributed by atoms with Crippen molar-refractivity contribution in [3.63, 3.8) is 0 Å². The van der Waals surface area contributed by atoms with E-state index in [1.807, 2.05) is 38.1 Å². The van der Waals surface area contributed by atoms with Crippen molar-refractivity contribution in [2.24, 2.45) is 5.92 Å². The molecule has 0 bridgehead atoms. The highest BCUT2D eigenvalue weighted by Gasteiger charge is 2.33. The van der Waals surface area contributed by atoms with Crippen LogP contribution in [0, 0.1) is 18.7 Å². The number of aryl methyl sites for hydroxylation is 1. The molecule has 2 N–H and O–H groups in total. The second kappa shape index (κ2) is 9.73. The molecule has 4 heteroatoms. The van der Waals surface area contributed by atoms with Crippen LogP contribution in [0.1, 0.15) is 68.1 Å². The molecule has 0 spiro atoms. The van der Waals surface area contributed by atoms with Crippen molar-refractivity contribution < 1.29 is 19.3 Å². The zero-order valence-corrected chi connectivity index (χ0v) is 17.6. The van der Waals surface area contributed by atoms with Crippen LogP contribution in [0.25, 0.3) is 0 Å². The molecule has 2 aromatic carbocycles. The Morgan fingerprint density at radius 2 is 1.83 bits per heavy atom. The Bertz CT molecular complexity index is 787. The van der Waals surface area contributed by atoms with Crippen molar-refractivity contribution in [2.75, 3.05) is 6.61 Å². The Labute approximate surface area is 173 Å². The summed E-state index contributed by atoms with van der Waals surface area (Å²) in [5.74, 6) is 1.02. The van der Waals surface area contributed by atoms with E-state index in [2.05, 4.69) is 13.0 Å². The van der Waals surface area contributed by atoms with Crippen LogP contribution in [0.3, 0.4) is 0 Å². The van der Waals surface area contributed by atoms with Gasteiger partial charge in [0.15, 0.2) is 0 Å². The Morgan fingerprint density at radius 1 is 1.10 bits per heavy atom. The van der Waals surface area contributed by atoms with E-state index in [0.717, 1.165) is 41.7 Å². The van der Waals surface area contributed by atoms with E-state index >= 15 is 0 Å². The largest absolute Gasteiger partial charge is 0.491 e. The molecule has 1 aliphatic rings. The third-order valence-corrected chi connectivity index (χ3v) is 6.04. The average Bonchev–Trinajstić information content (AvgIpc) is 2.69. The van der Waals surface area contributed by atoms with Gasteiger partial charge in [0.25, 0.3) is 0 Å². The van der Waals surface area contributed by atoms with Crippen LogP contribution in [0.15, 0.2) is 42.5 Å². The zero-order chi connectivity index (χ0) is 21.0. The molecular weight excluding hydrogens is 367 g/mol. The molecular formula is C25H33FO3. The van der Waals surface area contributed by atoms with Gasteiger partial charge in [0.1, 0.15) is 11.6 Å². The Kier molecular flexibility index (Phi) is 7.31. The standard InChI is InChI=1S/C25H33FO3/c1-16(2)29-25-11-4-17(3)12-24(25)20(15-27)13-19-7-10-22(28)14-23(19)18-5-8-21(26)9-6-18/h4-6,8-9,11-12,16,19-20,22-23,27-28H,7,10,13-15H2,1-3H3/t19?,20?,22?,23-/m0/s1. The molecule has 1 saturated carbocycles. The van der Waals surface area contributed by atoms with Gasteiger partial charge in [-0.25, -0.2) is 4.39 Å². The average molecular weight is 401 g/mol. The van der Waals surface area contributed by atoms with Crippen molar-refractivity contribution in [1.29, 1.82) is 0 Å². The molecule has 3 rings (SSSR count). The summed E-state index contributed by atoms with van der Waals surface area (Å²) in [6.45, 7) is 6.11. The van der Waals surface area contributed by atoms with Crippen LogP contribution in [0.4, 0.5) is 4.39 Å². The summed E-state index contributed by atoms with van der Waals surface area (Å²) in [5.41, 5.74) is 3.25. The first-order chi connectivity index (χ1) is 13.9. The van der Waals surface area contributed by atoms with Crippen LogP contribution in [-0.4, -0.2) is 29.0 Å². The molecule has 0 aliphatic heterocycles. The van der Waals surface area contributed by atoms with Gasteiger partial charge in [-0.2, -0.15) is 0 Å². The van der Waals surface area contributed by atoms with Gasteiger partial charge in [-0.15, -0.1) is 0 Å². The number of ether oxygens (including phenoxy) is 1. The lowest BCUT2D eigenvalue weighted by Crippen LogP contribution is -2.28. The number of hydrogen-bond acceptors (Lipinski definition) is 3. The highest BCUT2D eigenvalue weighted by molar-refractivity contribution is 5.40. The van der Waals surface area contributed by atoms with Crippen molar-refractivity contribution in [3.05, 3.63) is 65.0 Å². The molecule has 0 amide bonds. The summed E-state index contributed by atoms with van der Waals surface area (Å²) < 4.78 is 19.4. The molecule has 2 aromatic rings. The molecule has 0 radical (unpaired) electrons. The lowest BCUT2D eigenvalue weighted by Gasteiger charge is -2.36. The summed E-state index contributed by atoms with van der Waals surface area (Å²) in [7, 11) is 0. The number of aliphatic hydroxyl groups excluding tert-OH is 2. The van der Waals surface area contributed by atoms with E-state index in [9.17, 15) is 14.6 Å². The van der Waals surface area contributed by atoms with Crippen LogP contribution >= 0.6 is 0 Å². The van der Waals surface area contributed by atoms with E-state index in [-0.39, 0.29) is 36.5 Å². The molecule has 158 valence electrons. The zero-order valence-electron chi connectivity index (χ0n) is 17.6. The van der Waals surface area contributed by atoms with Gasteiger partial charge in [-0.3, -0.25) is 0 Å². The first-order valence-electron chi connectivity index (χ1n) is 10.7. The summed E-state index contributed by atoms with van der Waals surface area (Å²) >= 11 is 0. The van der Waals surface area contributed by atoms with Gasteiger partial charge in [-0.05, 0) is 87.6 Å². The van der Waals surface area contributed by atoms with E-state index in [4.69, 9.17) is 4.74 Å². The van der Waals surface area contributed by atoms with Crippen LogP contribution in [0.5, 0.6) is 5.75 Å².